The first kappa shape index (κ1) is 17.2. The number of benzene rings is 2. The highest BCUT2D eigenvalue weighted by Gasteiger charge is 2.27. The average molecular weight is 380 g/mol. The summed E-state index contributed by atoms with van der Waals surface area (Å²) in [6.45, 7) is 0.427. The maximum atomic E-state index is 12.7. The van der Waals surface area contributed by atoms with Gasteiger partial charge in [-0.05, 0) is 30.3 Å². The highest BCUT2D eigenvalue weighted by molar-refractivity contribution is 7.16. The Balaban J connectivity index is 1.71. The number of fused-ring (bicyclic) bond motifs is 2. The molecule has 2 aromatic carbocycles. The summed E-state index contributed by atoms with van der Waals surface area (Å²) in [4.78, 5) is 17.5. The molecule has 136 valence electrons. The van der Waals surface area contributed by atoms with Gasteiger partial charge in [-0.15, -0.1) is 6.42 Å². The molecule has 4 rings (SSSR count). The first-order chi connectivity index (χ1) is 13.2. The molecule has 0 fully saturated rings. The van der Waals surface area contributed by atoms with E-state index < -0.39 is 12.0 Å². The Kier molecular flexibility index (Phi) is 4.57. The maximum absolute atomic E-state index is 12.7. The number of carbonyl (C=O) groups is 1. The Morgan fingerprint density at radius 2 is 2.19 bits per heavy atom. The van der Waals surface area contributed by atoms with E-state index in [-0.39, 0.29) is 6.61 Å². The van der Waals surface area contributed by atoms with Crippen molar-refractivity contribution in [2.24, 2.45) is 4.99 Å². The fourth-order valence-electron chi connectivity index (χ4n) is 2.82. The summed E-state index contributed by atoms with van der Waals surface area (Å²) < 4.78 is 19.4. The van der Waals surface area contributed by atoms with Crippen LogP contribution in [0.3, 0.4) is 0 Å². The molecule has 1 atom stereocenters. The number of hydrogen-bond acceptors (Lipinski definition) is 5. The van der Waals surface area contributed by atoms with Crippen molar-refractivity contribution in [3.8, 4) is 29.6 Å². The van der Waals surface area contributed by atoms with Gasteiger partial charge in [0.2, 0.25) is 6.10 Å². The smallest absolute Gasteiger partial charge is 0.292 e. The zero-order valence-electron chi connectivity index (χ0n) is 14.5. The molecule has 2 heterocycles. The molecule has 1 aliphatic rings. The Hall–Kier alpha value is -3.24. The first-order valence-electron chi connectivity index (χ1n) is 8.27. The van der Waals surface area contributed by atoms with Crippen molar-refractivity contribution >= 4 is 27.5 Å². The number of terminal acetylenes is 1. The quantitative estimate of drug-likeness (QED) is 0.656. The molecule has 6 nitrogen and oxygen atoms in total. The van der Waals surface area contributed by atoms with Gasteiger partial charge in [0, 0.05) is 0 Å². The normalized spacial score (nSPS) is 16.1. The van der Waals surface area contributed by atoms with Crippen molar-refractivity contribution in [3.63, 3.8) is 0 Å². The molecular formula is C20H16N2O4S. The van der Waals surface area contributed by atoms with Crippen molar-refractivity contribution < 1.29 is 19.0 Å². The lowest BCUT2D eigenvalue weighted by Gasteiger charge is -2.23. The lowest BCUT2D eigenvalue weighted by molar-refractivity contribution is -0.127. The first-order valence-corrected chi connectivity index (χ1v) is 9.09. The number of para-hydroxylation sites is 2. The number of methoxy groups -OCH3 is 1. The molecule has 27 heavy (non-hydrogen) atoms. The predicted octanol–water partition coefficient (Wildman–Crippen LogP) is 2.61. The minimum Gasteiger partial charge on any atom is -0.497 e. The van der Waals surface area contributed by atoms with Crippen molar-refractivity contribution in [1.82, 2.24) is 4.57 Å². The summed E-state index contributed by atoms with van der Waals surface area (Å²) >= 11 is 1.37. The third kappa shape index (κ3) is 3.27. The lowest BCUT2D eigenvalue weighted by Crippen LogP contribution is -2.36. The summed E-state index contributed by atoms with van der Waals surface area (Å²) in [7, 11) is 1.61. The number of carbonyl (C=O) groups excluding carboxylic acids is 1. The van der Waals surface area contributed by atoms with Crippen molar-refractivity contribution in [1.29, 1.82) is 0 Å². The van der Waals surface area contributed by atoms with E-state index in [4.69, 9.17) is 20.6 Å². The van der Waals surface area contributed by atoms with E-state index in [9.17, 15) is 4.79 Å². The van der Waals surface area contributed by atoms with E-state index in [1.807, 2.05) is 34.9 Å². The topological polar surface area (TPSA) is 62.1 Å². The van der Waals surface area contributed by atoms with Gasteiger partial charge < -0.3 is 18.8 Å². The van der Waals surface area contributed by atoms with Crippen LogP contribution in [0.2, 0.25) is 0 Å². The van der Waals surface area contributed by atoms with Gasteiger partial charge in [-0.2, -0.15) is 4.99 Å². The van der Waals surface area contributed by atoms with Crippen LogP contribution in [0.15, 0.2) is 47.5 Å². The molecule has 0 N–H and O–H groups in total. The van der Waals surface area contributed by atoms with Crippen LogP contribution in [0.4, 0.5) is 0 Å². The summed E-state index contributed by atoms with van der Waals surface area (Å²) in [6.07, 6.45) is 4.71. The zero-order valence-corrected chi connectivity index (χ0v) is 15.4. The Morgan fingerprint density at radius 1 is 1.37 bits per heavy atom. The third-order valence-corrected chi connectivity index (χ3v) is 5.17. The second kappa shape index (κ2) is 7.17. The molecule has 0 radical (unpaired) electrons. The van der Waals surface area contributed by atoms with E-state index in [0.717, 1.165) is 16.0 Å². The van der Waals surface area contributed by atoms with E-state index in [1.54, 1.807) is 19.2 Å². The van der Waals surface area contributed by atoms with Gasteiger partial charge in [0.25, 0.3) is 5.91 Å². The minimum absolute atomic E-state index is 0.118. The molecule has 0 saturated heterocycles. The van der Waals surface area contributed by atoms with Gasteiger partial charge in [0.1, 0.15) is 12.4 Å². The molecular weight excluding hydrogens is 364 g/mol. The SMILES string of the molecule is C#CCn1c(=NC(=O)C2COc3ccccc3O2)sc2cc(OC)ccc21. The summed E-state index contributed by atoms with van der Waals surface area (Å²) in [5.74, 6) is 4.09. The predicted molar refractivity (Wildman–Crippen MR) is 102 cm³/mol. The van der Waals surface area contributed by atoms with E-state index in [0.29, 0.717) is 22.8 Å². The Bertz CT molecular complexity index is 1120. The van der Waals surface area contributed by atoms with E-state index in [2.05, 4.69) is 10.9 Å². The number of hydrogen-bond donors (Lipinski definition) is 0. The molecule has 1 aliphatic heterocycles. The fraction of sp³-hybridized carbons (Fsp3) is 0.200. The number of ether oxygens (including phenoxy) is 3. The van der Waals surface area contributed by atoms with E-state index in [1.165, 1.54) is 11.3 Å². The average Bonchev–Trinajstić information content (AvgIpc) is 3.04. The number of nitrogens with zero attached hydrogens (tertiary/aromatic N) is 2. The summed E-state index contributed by atoms with van der Waals surface area (Å²) in [5, 5.41) is 0. The van der Waals surface area contributed by atoms with Crippen LogP contribution < -0.4 is 19.0 Å². The van der Waals surface area contributed by atoms with Crippen LogP contribution in [-0.2, 0) is 11.3 Å². The summed E-state index contributed by atoms with van der Waals surface area (Å²) in [6, 6.07) is 12.9. The Labute approximate surface area is 159 Å². The minimum atomic E-state index is -0.793. The standard InChI is InChI=1S/C20H16N2O4S/c1-3-10-22-14-9-8-13(24-2)11-18(14)27-20(22)21-19(23)17-12-25-15-6-4-5-7-16(15)26-17/h1,4-9,11,17H,10,12H2,2H3. The molecule has 0 saturated carbocycles. The second-order valence-electron chi connectivity index (χ2n) is 5.82. The molecule has 1 amide bonds. The highest BCUT2D eigenvalue weighted by Crippen LogP contribution is 2.31. The number of thiazole rings is 1. The van der Waals surface area contributed by atoms with Crippen molar-refractivity contribution in [3.05, 3.63) is 47.3 Å². The van der Waals surface area contributed by atoms with Crippen molar-refractivity contribution in [2.45, 2.75) is 12.6 Å². The molecule has 0 aliphatic carbocycles. The molecule has 1 unspecified atom stereocenters. The van der Waals surface area contributed by atoms with Gasteiger partial charge in [-0.1, -0.05) is 29.4 Å². The molecule has 0 spiro atoms. The third-order valence-electron chi connectivity index (χ3n) is 4.13. The van der Waals surface area contributed by atoms with Gasteiger partial charge >= 0.3 is 0 Å². The van der Waals surface area contributed by atoms with Crippen LogP contribution in [0.5, 0.6) is 17.2 Å². The zero-order chi connectivity index (χ0) is 18.8. The maximum Gasteiger partial charge on any atom is 0.292 e. The Morgan fingerprint density at radius 3 is 2.96 bits per heavy atom. The molecule has 0 bridgehead atoms. The molecule has 1 aromatic heterocycles. The van der Waals surface area contributed by atoms with Gasteiger partial charge in [-0.25, -0.2) is 0 Å². The highest BCUT2D eigenvalue weighted by atomic mass is 32.1. The van der Waals surface area contributed by atoms with Crippen LogP contribution in [0, 0.1) is 12.3 Å². The van der Waals surface area contributed by atoms with Gasteiger partial charge in [0.15, 0.2) is 16.3 Å². The van der Waals surface area contributed by atoms with Crippen LogP contribution in [0.25, 0.3) is 10.2 Å². The lowest BCUT2D eigenvalue weighted by atomic mass is 10.2. The van der Waals surface area contributed by atoms with Crippen molar-refractivity contribution in [2.75, 3.05) is 13.7 Å². The second-order valence-corrected chi connectivity index (χ2v) is 6.83. The van der Waals surface area contributed by atoms with Crippen LogP contribution >= 0.6 is 11.3 Å². The van der Waals surface area contributed by atoms with Crippen LogP contribution in [-0.4, -0.2) is 30.3 Å². The molecule has 7 heteroatoms. The largest absolute Gasteiger partial charge is 0.497 e. The van der Waals surface area contributed by atoms with Gasteiger partial charge in [0.05, 0.1) is 23.9 Å². The van der Waals surface area contributed by atoms with Crippen LogP contribution in [0.1, 0.15) is 0 Å². The monoisotopic (exact) mass is 380 g/mol. The molecule has 3 aromatic rings. The number of rotatable bonds is 3. The fourth-order valence-corrected chi connectivity index (χ4v) is 3.88. The number of amides is 1. The van der Waals surface area contributed by atoms with Gasteiger partial charge in [-0.3, -0.25) is 4.79 Å². The van der Waals surface area contributed by atoms with E-state index >= 15 is 0 Å². The summed E-state index contributed by atoms with van der Waals surface area (Å²) in [5.41, 5.74) is 0.899. The number of aromatic nitrogens is 1.